The monoisotopic (exact) mass is 495 g/mol. The highest BCUT2D eigenvalue weighted by molar-refractivity contribution is 5.81. The Morgan fingerprint density at radius 1 is 0.694 bits per heavy atom. The second-order valence-corrected chi connectivity index (χ2v) is 12.7. The van der Waals surface area contributed by atoms with Gasteiger partial charge in [-0.25, -0.2) is 9.59 Å². The van der Waals surface area contributed by atoms with Crippen molar-refractivity contribution in [3.05, 3.63) is 70.8 Å². The number of carbonyl (C=O) groups is 2. The van der Waals surface area contributed by atoms with Gasteiger partial charge in [-0.3, -0.25) is 0 Å². The number of esters is 1. The first-order valence-corrected chi connectivity index (χ1v) is 12.8. The highest BCUT2D eigenvalue weighted by atomic mass is 16.6. The Bertz CT molecular complexity index is 961. The van der Waals surface area contributed by atoms with Crippen molar-refractivity contribution in [2.45, 2.75) is 111 Å². The van der Waals surface area contributed by atoms with Gasteiger partial charge in [0.15, 0.2) is 0 Å². The van der Waals surface area contributed by atoms with Gasteiger partial charge in [0, 0.05) is 5.92 Å². The number of nitrogens with one attached hydrogen (secondary N) is 1. The summed E-state index contributed by atoms with van der Waals surface area (Å²) < 4.78 is 11.2. The van der Waals surface area contributed by atoms with E-state index >= 15 is 0 Å². The summed E-state index contributed by atoms with van der Waals surface area (Å²) >= 11 is 0. The first-order chi connectivity index (χ1) is 16.4. The third-order valence-corrected chi connectivity index (χ3v) is 6.13. The Labute approximate surface area is 218 Å². The predicted molar refractivity (Wildman–Crippen MR) is 147 cm³/mol. The van der Waals surface area contributed by atoms with Crippen molar-refractivity contribution >= 4 is 12.1 Å². The van der Waals surface area contributed by atoms with Gasteiger partial charge in [-0.15, -0.1) is 0 Å². The van der Waals surface area contributed by atoms with Crippen molar-refractivity contribution in [1.82, 2.24) is 5.32 Å². The SMILES string of the molecule is C[C@H](NC(=O)OC(C)(C)C)C(=O)O[C@@H](C)C(c1ccc(C(C)(C)C)cc1)c1ccc(C(C)(C)C)cc1. The van der Waals surface area contributed by atoms with E-state index in [4.69, 9.17) is 9.47 Å². The smallest absolute Gasteiger partial charge is 0.408 e. The van der Waals surface area contributed by atoms with Crippen LogP contribution in [0.2, 0.25) is 0 Å². The summed E-state index contributed by atoms with van der Waals surface area (Å²) in [6.45, 7) is 22.0. The molecule has 0 saturated carbocycles. The molecule has 5 heteroatoms. The van der Waals surface area contributed by atoms with Crippen LogP contribution in [0, 0.1) is 0 Å². The molecular weight excluding hydrogens is 450 g/mol. The molecule has 36 heavy (non-hydrogen) atoms. The minimum Gasteiger partial charge on any atom is -0.460 e. The van der Waals surface area contributed by atoms with E-state index < -0.39 is 29.8 Å². The number of hydrogen-bond donors (Lipinski definition) is 1. The van der Waals surface area contributed by atoms with Crippen LogP contribution >= 0.6 is 0 Å². The average molecular weight is 496 g/mol. The summed E-state index contributed by atoms with van der Waals surface area (Å²) in [4.78, 5) is 25.0. The van der Waals surface area contributed by atoms with E-state index in [2.05, 4.69) is 95.4 Å². The van der Waals surface area contributed by atoms with Gasteiger partial charge in [0.05, 0.1) is 0 Å². The predicted octanol–water partition coefficient (Wildman–Crippen LogP) is 7.26. The molecule has 0 aliphatic carbocycles. The van der Waals surface area contributed by atoms with Crippen molar-refractivity contribution in [2.75, 3.05) is 0 Å². The maximum atomic E-state index is 12.9. The van der Waals surface area contributed by atoms with Gasteiger partial charge in [-0.05, 0) is 67.7 Å². The van der Waals surface area contributed by atoms with Crippen LogP contribution in [0.15, 0.2) is 48.5 Å². The average Bonchev–Trinajstić information content (AvgIpc) is 2.72. The molecule has 5 nitrogen and oxygen atoms in total. The maximum Gasteiger partial charge on any atom is 0.408 e. The minimum atomic E-state index is -0.838. The number of ether oxygens (including phenoxy) is 2. The lowest BCUT2D eigenvalue weighted by molar-refractivity contribution is -0.150. The maximum absolute atomic E-state index is 12.9. The molecule has 2 aromatic rings. The summed E-state index contributed by atoms with van der Waals surface area (Å²) in [7, 11) is 0. The highest BCUT2D eigenvalue weighted by Gasteiger charge is 2.29. The lowest BCUT2D eigenvalue weighted by atomic mass is 9.81. The second-order valence-electron chi connectivity index (χ2n) is 12.7. The largest absolute Gasteiger partial charge is 0.460 e. The standard InChI is InChI=1S/C31H45NO4/c1-20(32-28(34)36-31(9,10)11)27(33)35-21(2)26(22-12-16-24(17-13-22)29(3,4)5)23-14-18-25(19-15-23)30(6,7)8/h12-21,26H,1-11H3,(H,32,34)/t20-,21-/m0/s1. The molecule has 0 spiro atoms. The van der Waals surface area contributed by atoms with Gasteiger partial charge < -0.3 is 14.8 Å². The van der Waals surface area contributed by atoms with Crippen LogP contribution in [-0.4, -0.2) is 29.8 Å². The molecule has 0 unspecified atom stereocenters. The molecule has 0 aliphatic rings. The molecule has 1 amide bonds. The topological polar surface area (TPSA) is 64.6 Å². The van der Waals surface area contributed by atoms with Crippen molar-refractivity contribution in [1.29, 1.82) is 0 Å². The Morgan fingerprint density at radius 3 is 1.42 bits per heavy atom. The van der Waals surface area contributed by atoms with Gasteiger partial charge in [0.1, 0.15) is 17.7 Å². The first kappa shape index (κ1) is 29.4. The van der Waals surface area contributed by atoms with Crippen LogP contribution in [-0.2, 0) is 25.1 Å². The second kappa shape index (κ2) is 11.1. The highest BCUT2D eigenvalue weighted by Crippen LogP contribution is 2.33. The molecular formula is C31H45NO4. The van der Waals surface area contributed by atoms with E-state index in [0.717, 1.165) is 11.1 Å². The fraction of sp³-hybridized carbons (Fsp3) is 0.548. The van der Waals surface area contributed by atoms with Gasteiger partial charge in [-0.2, -0.15) is 0 Å². The van der Waals surface area contributed by atoms with Crippen LogP contribution in [0.4, 0.5) is 4.79 Å². The Morgan fingerprint density at radius 2 is 1.08 bits per heavy atom. The van der Waals surface area contributed by atoms with Crippen molar-refractivity contribution < 1.29 is 19.1 Å². The van der Waals surface area contributed by atoms with Crippen LogP contribution in [0.25, 0.3) is 0 Å². The van der Waals surface area contributed by atoms with Crippen LogP contribution in [0.5, 0.6) is 0 Å². The van der Waals surface area contributed by atoms with Crippen LogP contribution in [0.1, 0.15) is 104 Å². The van der Waals surface area contributed by atoms with E-state index in [1.165, 1.54) is 11.1 Å². The molecule has 0 aliphatic heterocycles. The van der Waals surface area contributed by atoms with Gasteiger partial charge in [-0.1, -0.05) is 90.1 Å². The lowest BCUT2D eigenvalue weighted by Gasteiger charge is -2.28. The Hall–Kier alpha value is -2.82. The van der Waals surface area contributed by atoms with E-state index in [9.17, 15) is 9.59 Å². The molecule has 198 valence electrons. The quantitative estimate of drug-likeness (QED) is 0.428. The molecule has 0 bridgehead atoms. The van der Waals surface area contributed by atoms with Crippen molar-refractivity contribution in [3.63, 3.8) is 0 Å². The summed E-state index contributed by atoms with van der Waals surface area (Å²) in [6, 6.07) is 16.2. The molecule has 2 aromatic carbocycles. The van der Waals surface area contributed by atoms with Crippen LogP contribution in [0.3, 0.4) is 0 Å². The number of rotatable bonds is 6. The third kappa shape index (κ3) is 8.39. The van der Waals surface area contributed by atoms with Crippen molar-refractivity contribution in [2.24, 2.45) is 0 Å². The van der Waals surface area contributed by atoms with Gasteiger partial charge >= 0.3 is 12.1 Å². The third-order valence-electron chi connectivity index (χ3n) is 6.13. The molecule has 0 heterocycles. The fourth-order valence-corrected chi connectivity index (χ4v) is 4.01. The molecule has 0 fully saturated rings. The molecule has 0 radical (unpaired) electrons. The van der Waals surface area contributed by atoms with Gasteiger partial charge in [0.25, 0.3) is 0 Å². The van der Waals surface area contributed by atoms with E-state index in [0.29, 0.717) is 0 Å². The zero-order valence-electron chi connectivity index (χ0n) is 24.0. The lowest BCUT2D eigenvalue weighted by Crippen LogP contribution is -2.43. The van der Waals surface area contributed by atoms with E-state index in [-0.39, 0.29) is 16.7 Å². The van der Waals surface area contributed by atoms with E-state index in [1.807, 2.05) is 6.92 Å². The molecule has 2 atom stereocenters. The molecule has 0 saturated heterocycles. The number of carbonyl (C=O) groups excluding carboxylic acids is 2. The number of amides is 1. The zero-order valence-corrected chi connectivity index (χ0v) is 24.0. The van der Waals surface area contributed by atoms with E-state index in [1.54, 1.807) is 27.7 Å². The number of benzene rings is 2. The number of alkyl carbamates (subject to hydrolysis) is 1. The molecule has 0 aromatic heterocycles. The summed E-state index contributed by atoms with van der Waals surface area (Å²) in [5, 5.41) is 2.57. The van der Waals surface area contributed by atoms with Crippen LogP contribution < -0.4 is 5.32 Å². The van der Waals surface area contributed by atoms with Crippen molar-refractivity contribution in [3.8, 4) is 0 Å². The first-order valence-electron chi connectivity index (χ1n) is 12.8. The summed E-state index contributed by atoms with van der Waals surface area (Å²) in [5.74, 6) is -0.665. The summed E-state index contributed by atoms with van der Waals surface area (Å²) in [6.07, 6.45) is -1.10. The number of hydrogen-bond acceptors (Lipinski definition) is 4. The Balaban J connectivity index is 2.32. The molecule has 1 N–H and O–H groups in total. The van der Waals surface area contributed by atoms with Gasteiger partial charge in [0.2, 0.25) is 0 Å². The fourth-order valence-electron chi connectivity index (χ4n) is 4.01. The normalized spacial score (nSPS) is 14.2. The molecule has 2 rings (SSSR count). The zero-order chi connectivity index (χ0) is 27.5. The minimum absolute atomic E-state index is 0.0449. The Kier molecular flexibility index (Phi) is 9.04. The summed E-state index contributed by atoms with van der Waals surface area (Å²) in [5.41, 5.74) is 4.07.